The van der Waals surface area contributed by atoms with Crippen molar-refractivity contribution in [1.29, 1.82) is 0 Å². The minimum atomic E-state index is -1.26. The van der Waals surface area contributed by atoms with Crippen LogP contribution in [0.15, 0.2) is 65.8 Å². The molecule has 0 aromatic heterocycles. The van der Waals surface area contributed by atoms with Crippen LogP contribution < -0.4 is 5.43 Å². The number of amides is 2. The van der Waals surface area contributed by atoms with Crippen LogP contribution in [-0.4, -0.2) is 83.0 Å². The van der Waals surface area contributed by atoms with E-state index in [2.05, 4.69) is 20.2 Å². The Balaban J connectivity index is 0.000000482. The van der Waals surface area contributed by atoms with Crippen molar-refractivity contribution in [2.24, 2.45) is 11.0 Å². The number of carboxylic acid groups (broad SMARTS) is 2. The lowest BCUT2D eigenvalue weighted by atomic mass is 9.95. The van der Waals surface area contributed by atoms with Gasteiger partial charge < -0.3 is 19.8 Å². The highest BCUT2D eigenvalue weighted by molar-refractivity contribution is 6.02. The first-order valence-electron chi connectivity index (χ1n) is 12.6. The molecule has 0 spiro atoms. The van der Waals surface area contributed by atoms with Gasteiger partial charge in [0.15, 0.2) is 0 Å². The molecular weight excluding hydrogens is 523 g/mol. The second-order valence-electron chi connectivity index (χ2n) is 9.24. The number of hydrazone groups is 1. The fraction of sp³-hybridized carbons (Fsp3) is 0.321. The number of piperidine rings is 1. The maximum Gasteiger partial charge on any atom is 0.427 e. The number of hydrogen-bond acceptors (Lipinski definition) is 7. The van der Waals surface area contributed by atoms with Crippen molar-refractivity contribution >= 4 is 29.7 Å². The van der Waals surface area contributed by atoms with Gasteiger partial charge in [0, 0.05) is 37.3 Å². The van der Waals surface area contributed by atoms with Crippen LogP contribution in [0.5, 0.6) is 0 Å². The monoisotopic (exact) mass is 554 g/mol. The highest BCUT2D eigenvalue weighted by Gasteiger charge is 2.30. The van der Waals surface area contributed by atoms with E-state index in [-0.39, 0.29) is 11.7 Å². The SMILES string of the molecule is COC(=O)NN=C(CN1CCC(CN2Cc3ccccc3C2=O)CC1)c1ccc(F)cc1.O=C(O)C=CC(=O)O. The van der Waals surface area contributed by atoms with Gasteiger partial charge in [-0.05, 0) is 61.2 Å². The van der Waals surface area contributed by atoms with Gasteiger partial charge in [0.1, 0.15) is 5.82 Å². The third-order valence-electron chi connectivity index (χ3n) is 6.47. The Hall–Kier alpha value is -4.58. The summed E-state index contributed by atoms with van der Waals surface area (Å²) in [6.07, 6.45) is 2.41. The molecule has 11 nitrogen and oxygen atoms in total. The Morgan fingerprint density at radius 3 is 2.25 bits per heavy atom. The van der Waals surface area contributed by atoms with Crippen molar-refractivity contribution in [2.75, 3.05) is 33.3 Å². The summed E-state index contributed by atoms with van der Waals surface area (Å²) in [5.74, 6) is -2.26. The van der Waals surface area contributed by atoms with Crippen LogP contribution in [0.2, 0.25) is 0 Å². The molecule has 0 radical (unpaired) electrons. The standard InChI is InChI=1S/C24H27FN4O3.C4H4O4/c1-32-24(31)27-26-22(18-6-8-20(25)9-7-18)16-28-12-10-17(11-13-28)14-29-15-19-4-2-3-5-21(19)23(29)30;5-3(6)1-2-4(7)8/h2-9,17H,10-16H2,1H3,(H,27,31);1-2H,(H,5,6)(H,7,8). The first-order valence-corrected chi connectivity index (χ1v) is 12.6. The summed E-state index contributed by atoms with van der Waals surface area (Å²) in [4.78, 5) is 47.4. The second kappa shape index (κ2) is 14.5. The molecule has 0 bridgehead atoms. The molecule has 4 rings (SSSR count). The van der Waals surface area contributed by atoms with Crippen molar-refractivity contribution in [2.45, 2.75) is 19.4 Å². The predicted molar refractivity (Wildman–Crippen MR) is 143 cm³/mol. The van der Waals surface area contributed by atoms with Crippen molar-refractivity contribution in [3.63, 3.8) is 0 Å². The molecule has 0 saturated carbocycles. The summed E-state index contributed by atoms with van der Waals surface area (Å²) in [5.41, 5.74) is 5.67. The number of halogens is 1. The Kier molecular flexibility index (Phi) is 10.9. The number of aliphatic carboxylic acids is 2. The zero-order chi connectivity index (χ0) is 29.1. The van der Waals surface area contributed by atoms with Crippen LogP contribution in [0.3, 0.4) is 0 Å². The van der Waals surface area contributed by atoms with Gasteiger partial charge in [-0.3, -0.25) is 9.69 Å². The Labute approximate surface area is 230 Å². The molecule has 1 fully saturated rings. The van der Waals surface area contributed by atoms with Crippen molar-refractivity contribution in [3.8, 4) is 0 Å². The molecule has 2 aromatic carbocycles. The van der Waals surface area contributed by atoms with Crippen molar-refractivity contribution in [1.82, 2.24) is 15.2 Å². The average molecular weight is 555 g/mol. The summed E-state index contributed by atoms with van der Waals surface area (Å²) < 4.78 is 17.9. The molecule has 2 aliphatic rings. The van der Waals surface area contributed by atoms with E-state index < -0.39 is 18.0 Å². The topological polar surface area (TPSA) is 149 Å². The largest absolute Gasteiger partial charge is 0.478 e. The summed E-state index contributed by atoms with van der Waals surface area (Å²) in [6, 6.07) is 13.9. The molecule has 0 aliphatic carbocycles. The molecule has 3 N–H and O–H groups in total. The van der Waals surface area contributed by atoms with Crippen molar-refractivity contribution in [3.05, 3.63) is 83.2 Å². The van der Waals surface area contributed by atoms with E-state index in [0.717, 1.165) is 49.2 Å². The summed E-state index contributed by atoms with van der Waals surface area (Å²) in [7, 11) is 1.27. The number of likely N-dealkylation sites (tertiary alicyclic amines) is 1. The number of fused-ring (bicyclic) bond motifs is 1. The van der Waals surface area contributed by atoms with Gasteiger partial charge >= 0.3 is 18.0 Å². The fourth-order valence-corrected chi connectivity index (χ4v) is 4.45. The molecule has 12 heteroatoms. The highest BCUT2D eigenvalue weighted by atomic mass is 19.1. The maximum atomic E-state index is 13.3. The molecule has 2 heterocycles. The number of hydrogen-bond donors (Lipinski definition) is 3. The van der Waals surface area contributed by atoms with E-state index in [1.165, 1.54) is 19.2 Å². The third kappa shape index (κ3) is 9.02. The van der Waals surface area contributed by atoms with E-state index in [1.807, 2.05) is 29.2 Å². The Morgan fingerprint density at radius 1 is 1.05 bits per heavy atom. The number of ether oxygens (including phenoxy) is 1. The molecule has 40 heavy (non-hydrogen) atoms. The maximum absolute atomic E-state index is 13.3. The number of methoxy groups -OCH3 is 1. The molecule has 2 aromatic rings. The zero-order valence-corrected chi connectivity index (χ0v) is 22.0. The summed E-state index contributed by atoms with van der Waals surface area (Å²) >= 11 is 0. The fourth-order valence-electron chi connectivity index (χ4n) is 4.45. The smallest absolute Gasteiger partial charge is 0.427 e. The van der Waals surface area contributed by atoms with Crippen molar-refractivity contribution < 1.29 is 38.5 Å². The lowest BCUT2D eigenvalue weighted by Gasteiger charge is -2.34. The lowest BCUT2D eigenvalue weighted by molar-refractivity contribution is -0.134. The average Bonchev–Trinajstić information content (AvgIpc) is 3.26. The molecule has 0 unspecified atom stereocenters. The number of carbonyl (C=O) groups excluding carboxylic acids is 2. The Bertz CT molecular complexity index is 1260. The summed E-state index contributed by atoms with van der Waals surface area (Å²) in [5, 5.41) is 19.8. The molecule has 2 aliphatic heterocycles. The van der Waals surface area contributed by atoms with Gasteiger partial charge in [0.2, 0.25) is 0 Å². The molecule has 1 saturated heterocycles. The minimum absolute atomic E-state index is 0.127. The van der Waals surface area contributed by atoms with Gasteiger partial charge in [-0.25, -0.2) is 24.2 Å². The highest BCUT2D eigenvalue weighted by Crippen LogP contribution is 2.26. The van der Waals surface area contributed by atoms with Gasteiger partial charge in [-0.2, -0.15) is 5.10 Å². The second-order valence-corrected chi connectivity index (χ2v) is 9.24. The van der Waals surface area contributed by atoms with Gasteiger partial charge in [0.05, 0.1) is 12.8 Å². The molecule has 212 valence electrons. The van der Waals surface area contributed by atoms with Gasteiger partial charge in [0.25, 0.3) is 5.91 Å². The van der Waals surface area contributed by atoms with Crippen LogP contribution in [0.1, 0.15) is 34.3 Å². The van der Waals surface area contributed by atoms with E-state index in [0.29, 0.717) is 36.9 Å². The van der Waals surface area contributed by atoms with Gasteiger partial charge in [-0.15, -0.1) is 0 Å². The quantitative estimate of drug-likeness (QED) is 0.256. The van der Waals surface area contributed by atoms with Gasteiger partial charge in [-0.1, -0.05) is 30.3 Å². The van der Waals surface area contributed by atoms with Crippen LogP contribution >= 0.6 is 0 Å². The van der Waals surface area contributed by atoms with Crippen LogP contribution in [0.4, 0.5) is 9.18 Å². The van der Waals surface area contributed by atoms with Crippen LogP contribution in [-0.2, 0) is 20.9 Å². The van der Waals surface area contributed by atoms with Crippen LogP contribution in [0, 0.1) is 11.7 Å². The first kappa shape index (κ1) is 30.0. The zero-order valence-electron chi connectivity index (χ0n) is 22.0. The predicted octanol–water partition coefficient (Wildman–Crippen LogP) is 2.97. The van der Waals surface area contributed by atoms with E-state index >= 15 is 0 Å². The third-order valence-corrected chi connectivity index (χ3v) is 6.47. The van der Waals surface area contributed by atoms with E-state index in [1.54, 1.807) is 12.1 Å². The lowest BCUT2D eigenvalue weighted by Crippen LogP contribution is -2.41. The van der Waals surface area contributed by atoms with E-state index in [9.17, 15) is 23.6 Å². The van der Waals surface area contributed by atoms with E-state index in [4.69, 9.17) is 10.2 Å². The molecular formula is C28H31FN4O7. The molecule has 2 amide bonds. The molecule has 0 atom stereocenters. The number of nitrogens with one attached hydrogen (secondary N) is 1. The number of carboxylic acids is 2. The number of nitrogens with zero attached hydrogens (tertiary/aromatic N) is 3. The number of rotatable bonds is 8. The minimum Gasteiger partial charge on any atom is -0.478 e. The normalized spacial score (nSPS) is 15.8. The first-order chi connectivity index (χ1) is 19.2. The summed E-state index contributed by atoms with van der Waals surface area (Å²) in [6.45, 7) is 3.70. The number of carbonyl (C=O) groups is 4. The van der Waals surface area contributed by atoms with Crippen LogP contribution in [0.25, 0.3) is 0 Å². The number of benzene rings is 2. The Morgan fingerprint density at radius 2 is 1.68 bits per heavy atom.